The lowest BCUT2D eigenvalue weighted by Gasteiger charge is -1.99. The Morgan fingerprint density at radius 1 is 1.47 bits per heavy atom. The Morgan fingerprint density at radius 2 is 2.24 bits per heavy atom. The van der Waals surface area contributed by atoms with Crippen LogP contribution >= 0.6 is 22.9 Å². The SMILES string of the molecule is Cc1nc(-c2ccc(F)cc2Cl)sc1CCN. The van der Waals surface area contributed by atoms with E-state index in [2.05, 4.69) is 4.98 Å². The lowest BCUT2D eigenvalue weighted by Crippen LogP contribution is -2.01. The Balaban J connectivity index is 2.42. The number of rotatable bonds is 3. The number of aromatic nitrogens is 1. The van der Waals surface area contributed by atoms with E-state index in [0.717, 1.165) is 27.6 Å². The van der Waals surface area contributed by atoms with Crippen molar-refractivity contribution in [1.82, 2.24) is 4.98 Å². The number of aryl methyl sites for hydroxylation is 1. The van der Waals surface area contributed by atoms with E-state index >= 15 is 0 Å². The van der Waals surface area contributed by atoms with Crippen molar-refractivity contribution in [2.24, 2.45) is 5.73 Å². The largest absolute Gasteiger partial charge is 0.330 e. The zero-order chi connectivity index (χ0) is 12.4. The van der Waals surface area contributed by atoms with E-state index in [9.17, 15) is 4.39 Å². The fourth-order valence-electron chi connectivity index (χ4n) is 1.57. The Kier molecular flexibility index (Phi) is 3.76. The summed E-state index contributed by atoms with van der Waals surface area (Å²) in [6.07, 6.45) is 0.808. The molecular formula is C12H12ClFN2S. The molecule has 0 bridgehead atoms. The number of halogens is 2. The summed E-state index contributed by atoms with van der Waals surface area (Å²) in [4.78, 5) is 5.60. The van der Waals surface area contributed by atoms with Crippen LogP contribution in [0.3, 0.4) is 0 Å². The van der Waals surface area contributed by atoms with Gasteiger partial charge in [0.2, 0.25) is 0 Å². The highest BCUT2D eigenvalue weighted by Crippen LogP contribution is 2.33. The number of hydrogen-bond donors (Lipinski definition) is 1. The van der Waals surface area contributed by atoms with Gasteiger partial charge >= 0.3 is 0 Å². The summed E-state index contributed by atoms with van der Waals surface area (Å²) in [5.74, 6) is -0.339. The van der Waals surface area contributed by atoms with Crippen molar-refractivity contribution in [1.29, 1.82) is 0 Å². The number of hydrogen-bond acceptors (Lipinski definition) is 3. The number of thiazole rings is 1. The monoisotopic (exact) mass is 270 g/mol. The third kappa shape index (κ3) is 2.65. The standard InChI is InChI=1S/C12H12ClFN2S/c1-7-11(4-5-15)17-12(16-7)9-3-2-8(14)6-10(9)13/h2-3,6H,4-5,15H2,1H3. The minimum absolute atomic E-state index is 0.339. The molecule has 2 rings (SSSR count). The average molecular weight is 271 g/mol. The topological polar surface area (TPSA) is 38.9 Å². The van der Waals surface area contributed by atoms with Crippen LogP contribution < -0.4 is 5.73 Å². The first-order valence-corrected chi connectivity index (χ1v) is 6.43. The van der Waals surface area contributed by atoms with E-state index in [1.165, 1.54) is 12.1 Å². The Bertz CT molecular complexity index is 539. The van der Waals surface area contributed by atoms with Crippen LogP contribution in [-0.4, -0.2) is 11.5 Å². The second-order valence-corrected chi connectivity index (χ2v) is 5.18. The fraction of sp³-hybridized carbons (Fsp3) is 0.250. The molecule has 5 heteroatoms. The van der Waals surface area contributed by atoms with Crippen molar-refractivity contribution in [3.05, 3.63) is 39.6 Å². The van der Waals surface area contributed by atoms with Crippen LogP contribution in [0.1, 0.15) is 10.6 Å². The van der Waals surface area contributed by atoms with Crippen LogP contribution in [0.2, 0.25) is 5.02 Å². The molecule has 0 spiro atoms. The van der Waals surface area contributed by atoms with Gasteiger partial charge in [-0.25, -0.2) is 9.37 Å². The predicted molar refractivity (Wildman–Crippen MR) is 70.0 cm³/mol. The maximum Gasteiger partial charge on any atom is 0.125 e. The summed E-state index contributed by atoms with van der Waals surface area (Å²) in [5, 5.41) is 1.20. The number of nitrogens with zero attached hydrogens (tertiary/aromatic N) is 1. The van der Waals surface area contributed by atoms with Crippen molar-refractivity contribution in [3.63, 3.8) is 0 Å². The van der Waals surface area contributed by atoms with Crippen molar-refractivity contribution >= 4 is 22.9 Å². The first kappa shape index (κ1) is 12.5. The Labute approximate surface area is 108 Å². The smallest absolute Gasteiger partial charge is 0.125 e. The fourth-order valence-corrected chi connectivity index (χ4v) is 3.00. The lowest BCUT2D eigenvalue weighted by molar-refractivity contribution is 0.628. The molecule has 17 heavy (non-hydrogen) atoms. The maximum absolute atomic E-state index is 13.0. The van der Waals surface area contributed by atoms with E-state index in [0.29, 0.717) is 11.6 Å². The van der Waals surface area contributed by atoms with E-state index in [4.69, 9.17) is 17.3 Å². The van der Waals surface area contributed by atoms with Gasteiger partial charge in [0.25, 0.3) is 0 Å². The molecule has 0 amide bonds. The Hall–Kier alpha value is -0.970. The second-order valence-electron chi connectivity index (χ2n) is 3.69. The van der Waals surface area contributed by atoms with E-state index in [-0.39, 0.29) is 5.82 Å². The highest BCUT2D eigenvalue weighted by molar-refractivity contribution is 7.15. The van der Waals surface area contributed by atoms with Crippen molar-refractivity contribution in [2.45, 2.75) is 13.3 Å². The van der Waals surface area contributed by atoms with Crippen LogP contribution in [-0.2, 0) is 6.42 Å². The van der Waals surface area contributed by atoms with Crippen LogP contribution in [0.4, 0.5) is 4.39 Å². The van der Waals surface area contributed by atoms with Gasteiger partial charge in [0.15, 0.2) is 0 Å². The lowest BCUT2D eigenvalue weighted by atomic mass is 10.2. The van der Waals surface area contributed by atoms with Gasteiger partial charge in [-0.05, 0) is 38.1 Å². The van der Waals surface area contributed by atoms with Gasteiger partial charge in [0.05, 0.1) is 10.7 Å². The normalized spacial score (nSPS) is 10.8. The third-order valence-electron chi connectivity index (χ3n) is 2.43. The molecule has 0 atom stereocenters. The summed E-state index contributed by atoms with van der Waals surface area (Å²) in [6.45, 7) is 2.54. The van der Waals surface area contributed by atoms with Crippen LogP contribution in [0.5, 0.6) is 0 Å². The second kappa shape index (κ2) is 5.12. The van der Waals surface area contributed by atoms with E-state index in [1.54, 1.807) is 17.4 Å². The van der Waals surface area contributed by atoms with Crippen LogP contribution in [0, 0.1) is 12.7 Å². The summed E-state index contributed by atoms with van der Waals surface area (Å²) < 4.78 is 13.0. The summed E-state index contributed by atoms with van der Waals surface area (Å²) in [6, 6.07) is 4.35. The van der Waals surface area contributed by atoms with E-state index < -0.39 is 0 Å². The van der Waals surface area contributed by atoms with Crippen LogP contribution in [0.25, 0.3) is 10.6 Å². The molecule has 0 saturated heterocycles. The van der Waals surface area contributed by atoms with Crippen LogP contribution in [0.15, 0.2) is 18.2 Å². The molecular weight excluding hydrogens is 259 g/mol. The zero-order valence-electron chi connectivity index (χ0n) is 9.34. The van der Waals surface area contributed by atoms with Gasteiger partial charge in [0.1, 0.15) is 10.8 Å². The van der Waals surface area contributed by atoms with Crippen molar-refractivity contribution < 1.29 is 4.39 Å². The summed E-state index contributed by atoms with van der Waals surface area (Å²) in [7, 11) is 0. The van der Waals surface area contributed by atoms with Gasteiger partial charge in [-0.1, -0.05) is 11.6 Å². The van der Waals surface area contributed by atoms with E-state index in [1.807, 2.05) is 6.92 Å². The minimum Gasteiger partial charge on any atom is -0.330 e. The number of nitrogens with two attached hydrogens (primary N) is 1. The predicted octanol–water partition coefficient (Wildman–Crippen LogP) is 3.41. The molecule has 2 N–H and O–H groups in total. The Morgan fingerprint density at radius 3 is 2.88 bits per heavy atom. The highest BCUT2D eigenvalue weighted by atomic mass is 35.5. The van der Waals surface area contributed by atoms with Gasteiger partial charge in [0, 0.05) is 10.4 Å². The van der Waals surface area contributed by atoms with Gasteiger partial charge < -0.3 is 5.73 Å². The molecule has 90 valence electrons. The van der Waals surface area contributed by atoms with Crippen molar-refractivity contribution in [3.8, 4) is 10.6 Å². The quantitative estimate of drug-likeness (QED) is 0.928. The van der Waals surface area contributed by atoms with Crippen molar-refractivity contribution in [2.75, 3.05) is 6.54 Å². The zero-order valence-corrected chi connectivity index (χ0v) is 10.9. The molecule has 0 unspecified atom stereocenters. The molecule has 0 saturated carbocycles. The summed E-state index contributed by atoms with van der Waals surface area (Å²) >= 11 is 7.56. The molecule has 1 aromatic heterocycles. The van der Waals surface area contributed by atoms with Gasteiger partial charge in [-0.15, -0.1) is 11.3 Å². The van der Waals surface area contributed by atoms with Gasteiger partial charge in [-0.2, -0.15) is 0 Å². The molecule has 0 aliphatic carbocycles. The molecule has 0 aliphatic rings. The number of benzene rings is 1. The first-order chi connectivity index (χ1) is 8.11. The third-order valence-corrected chi connectivity index (χ3v) is 3.99. The molecule has 0 fully saturated rings. The summed E-state index contributed by atoms with van der Waals surface area (Å²) in [5.41, 5.74) is 7.27. The molecule has 1 aromatic carbocycles. The highest BCUT2D eigenvalue weighted by Gasteiger charge is 2.12. The molecule has 1 heterocycles. The molecule has 0 radical (unpaired) electrons. The van der Waals surface area contributed by atoms with Gasteiger partial charge in [-0.3, -0.25) is 0 Å². The first-order valence-electron chi connectivity index (χ1n) is 5.23. The average Bonchev–Trinajstić information content (AvgIpc) is 2.60. The molecule has 0 aliphatic heterocycles. The minimum atomic E-state index is -0.339. The molecule has 2 aromatic rings. The maximum atomic E-state index is 13.0. The molecule has 2 nitrogen and oxygen atoms in total.